The van der Waals surface area contributed by atoms with Crippen LogP contribution >= 0.6 is 11.6 Å². The molecule has 2 heterocycles. The third-order valence-corrected chi connectivity index (χ3v) is 8.47. The summed E-state index contributed by atoms with van der Waals surface area (Å²) in [7, 11) is -1.73. The van der Waals surface area contributed by atoms with Gasteiger partial charge in [0.25, 0.3) is 0 Å². The molecule has 2 aliphatic rings. The highest BCUT2D eigenvalue weighted by atomic mass is 35.5. The number of halogens is 4. The van der Waals surface area contributed by atoms with Gasteiger partial charge in [-0.2, -0.15) is 13.2 Å². The van der Waals surface area contributed by atoms with E-state index in [1.54, 1.807) is 6.07 Å². The van der Waals surface area contributed by atoms with Crippen LogP contribution in [0.3, 0.4) is 0 Å². The van der Waals surface area contributed by atoms with Gasteiger partial charge >= 0.3 is 6.18 Å². The molecule has 0 aromatic heterocycles. The first-order chi connectivity index (χ1) is 18.1. The van der Waals surface area contributed by atoms with Crippen molar-refractivity contribution in [2.75, 3.05) is 62.3 Å². The topological polar surface area (TPSA) is 55.9 Å². The summed E-state index contributed by atoms with van der Waals surface area (Å²) in [6.45, 7) is 5.86. The first kappa shape index (κ1) is 31.2. The average Bonchev–Trinajstić information content (AvgIpc) is 2.89. The van der Waals surface area contributed by atoms with Gasteiger partial charge in [-0.15, -0.1) is 0 Å². The molecule has 1 atom stereocenters. The van der Waals surface area contributed by atoms with Crippen LogP contribution in [0, 0.1) is 0 Å². The van der Waals surface area contributed by atoms with Crippen LogP contribution in [0.2, 0.25) is 5.02 Å². The molecule has 0 radical (unpaired) electrons. The van der Waals surface area contributed by atoms with E-state index in [0.717, 1.165) is 50.2 Å². The maximum Gasteiger partial charge on any atom is 0.417 e. The van der Waals surface area contributed by atoms with Crippen LogP contribution in [0.25, 0.3) is 0 Å². The van der Waals surface area contributed by atoms with Crippen LogP contribution in [-0.2, 0) is 21.8 Å². The van der Waals surface area contributed by atoms with E-state index in [0.29, 0.717) is 38.0 Å². The van der Waals surface area contributed by atoms with Crippen molar-refractivity contribution in [3.63, 3.8) is 0 Å². The predicted octanol–water partition coefficient (Wildman–Crippen LogP) is 5.74. The number of hydrogen-bond acceptors (Lipinski definition) is 5. The molecule has 2 aromatic rings. The number of rotatable bonds is 8. The molecule has 1 N–H and O–H groups in total. The molecule has 2 saturated heterocycles. The van der Waals surface area contributed by atoms with Crippen molar-refractivity contribution >= 4 is 39.7 Å². The standard InChI is InChI=1S/C27H34ClF3N4O2S.CH4/c1-38(37)25-9-6-22(19-24(25)27(29,30)31)32-21-10-13-35(14-11-21)26(36)3-2-12-33-15-17-34(18-16-33)23-7-4-20(28)5-8-23;/h4-9,19,21,32H,2-3,10-18H2,1H3;1H4. The minimum atomic E-state index is -4.57. The van der Waals surface area contributed by atoms with E-state index in [9.17, 15) is 22.2 Å². The highest BCUT2D eigenvalue weighted by Crippen LogP contribution is 2.35. The Morgan fingerprint density at radius 3 is 2.26 bits per heavy atom. The Balaban J connectivity index is 0.00000420. The SMILES string of the molecule is C.CS(=O)c1ccc(NC2CCN(C(=O)CCCN3CCN(c4ccc(Cl)cc4)CC3)CC2)cc1C(F)(F)F. The first-order valence-corrected chi connectivity index (χ1v) is 14.9. The lowest BCUT2D eigenvalue weighted by Gasteiger charge is -2.36. The molecule has 1 amide bonds. The summed E-state index contributed by atoms with van der Waals surface area (Å²) in [6.07, 6.45) is -0.683. The van der Waals surface area contributed by atoms with E-state index in [-0.39, 0.29) is 24.3 Å². The van der Waals surface area contributed by atoms with Gasteiger partial charge in [-0.25, -0.2) is 0 Å². The highest BCUT2D eigenvalue weighted by Gasteiger charge is 2.35. The molecule has 216 valence electrons. The van der Waals surface area contributed by atoms with Gasteiger partial charge in [0.1, 0.15) is 0 Å². The largest absolute Gasteiger partial charge is 0.417 e. The Morgan fingerprint density at radius 2 is 1.67 bits per heavy atom. The van der Waals surface area contributed by atoms with Crippen molar-refractivity contribution in [1.29, 1.82) is 0 Å². The first-order valence-electron chi connectivity index (χ1n) is 12.9. The average molecular weight is 587 g/mol. The number of anilines is 2. The number of amides is 1. The van der Waals surface area contributed by atoms with Gasteiger partial charge in [-0.1, -0.05) is 19.0 Å². The Hall–Kier alpha value is -2.30. The van der Waals surface area contributed by atoms with Gasteiger partial charge in [0, 0.05) is 74.4 Å². The second-order valence-corrected chi connectivity index (χ2v) is 11.7. The van der Waals surface area contributed by atoms with E-state index in [2.05, 4.69) is 15.1 Å². The molecule has 4 rings (SSSR count). The minimum Gasteiger partial charge on any atom is -0.382 e. The molecule has 1 unspecified atom stereocenters. The van der Waals surface area contributed by atoms with Gasteiger partial charge in [0.2, 0.25) is 5.91 Å². The summed E-state index contributed by atoms with van der Waals surface area (Å²) in [5, 5.41) is 3.90. The number of piperidine rings is 1. The number of piperazine rings is 1. The fourth-order valence-electron chi connectivity index (χ4n) is 5.09. The number of nitrogens with one attached hydrogen (secondary N) is 1. The molecule has 39 heavy (non-hydrogen) atoms. The zero-order valence-corrected chi connectivity index (χ0v) is 23.0. The van der Waals surface area contributed by atoms with Crippen LogP contribution in [-0.4, -0.2) is 78.0 Å². The molecule has 6 nitrogen and oxygen atoms in total. The fraction of sp³-hybridized carbons (Fsp3) is 0.536. The van der Waals surface area contributed by atoms with Crippen LogP contribution < -0.4 is 10.2 Å². The summed E-state index contributed by atoms with van der Waals surface area (Å²) in [5.74, 6) is 0.136. The molecule has 2 aromatic carbocycles. The molecule has 2 aliphatic heterocycles. The second kappa shape index (κ2) is 13.9. The van der Waals surface area contributed by atoms with Crippen molar-refractivity contribution in [3.05, 3.63) is 53.1 Å². The number of carbonyl (C=O) groups excluding carboxylic acids is 1. The number of benzene rings is 2. The minimum absolute atomic E-state index is 0. The molecule has 2 fully saturated rings. The number of nitrogens with zero attached hydrogens (tertiary/aromatic N) is 3. The fourth-order valence-corrected chi connectivity index (χ4v) is 5.96. The zero-order valence-electron chi connectivity index (χ0n) is 21.5. The maximum absolute atomic E-state index is 13.4. The monoisotopic (exact) mass is 586 g/mol. The van der Waals surface area contributed by atoms with Crippen LogP contribution in [0.4, 0.5) is 24.5 Å². The summed E-state index contributed by atoms with van der Waals surface area (Å²) in [5.41, 5.74) is 0.659. The van der Waals surface area contributed by atoms with Gasteiger partial charge < -0.3 is 15.1 Å². The lowest BCUT2D eigenvalue weighted by atomic mass is 10.0. The van der Waals surface area contributed by atoms with Crippen LogP contribution in [0.1, 0.15) is 38.7 Å². The quantitative estimate of drug-likeness (QED) is 0.428. The number of likely N-dealkylation sites (tertiary alicyclic amines) is 1. The second-order valence-electron chi connectivity index (χ2n) is 9.87. The summed E-state index contributed by atoms with van der Waals surface area (Å²) in [4.78, 5) is 19.1. The normalized spacial score (nSPS) is 18.0. The zero-order chi connectivity index (χ0) is 27.3. The Bertz CT molecular complexity index is 1120. The van der Waals surface area contributed by atoms with E-state index in [1.807, 2.05) is 29.2 Å². The summed E-state index contributed by atoms with van der Waals surface area (Å²) < 4.78 is 51.9. The number of hydrogen-bond donors (Lipinski definition) is 1. The van der Waals surface area contributed by atoms with Crippen molar-refractivity contribution < 1.29 is 22.2 Å². The molecular weight excluding hydrogens is 549 g/mol. The highest BCUT2D eigenvalue weighted by molar-refractivity contribution is 7.84. The third kappa shape index (κ3) is 8.59. The Labute approximate surface area is 236 Å². The maximum atomic E-state index is 13.4. The molecular formula is C28H38ClF3N4O2S. The van der Waals surface area contributed by atoms with E-state index < -0.39 is 22.5 Å². The third-order valence-electron chi connectivity index (χ3n) is 7.24. The van der Waals surface area contributed by atoms with Crippen molar-refractivity contribution in [3.8, 4) is 0 Å². The Kier molecular flexibility index (Phi) is 11.1. The van der Waals surface area contributed by atoms with Gasteiger partial charge in [0.15, 0.2) is 0 Å². The molecule has 0 aliphatic carbocycles. The van der Waals surface area contributed by atoms with Gasteiger partial charge in [-0.3, -0.25) is 13.9 Å². The van der Waals surface area contributed by atoms with Crippen LogP contribution in [0.15, 0.2) is 47.4 Å². The molecule has 0 bridgehead atoms. The summed E-state index contributed by atoms with van der Waals surface area (Å²) >= 11 is 5.98. The smallest absolute Gasteiger partial charge is 0.382 e. The van der Waals surface area contributed by atoms with E-state index >= 15 is 0 Å². The lowest BCUT2D eigenvalue weighted by Crippen LogP contribution is -2.47. The summed E-state index contributed by atoms with van der Waals surface area (Å²) in [6, 6.07) is 11.7. The van der Waals surface area contributed by atoms with Crippen molar-refractivity contribution in [2.24, 2.45) is 0 Å². The number of carbonyl (C=O) groups is 1. The molecule has 0 spiro atoms. The lowest BCUT2D eigenvalue weighted by molar-refractivity contribution is -0.139. The predicted molar refractivity (Wildman–Crippen MR) is 153 cm³/mol. The van der Waals surface area contributed by atoms with Gasteiger partial charge in [0.05, 0.1) is 21.3 Å². The number of alkyl halides is 3. The van der Waals surface area contributed by atoms with E-state index in [4.69, 9.17) is 11.6 Å². The Morgan fingerprint density at radius 1 is 1.03 bits per heavy atom. The van der Waals surface area contributed by atoms with Crippen LogP contribution in [0.5, 0.6) is 0 Å². The molecule has 11 heteroatoms. The van der Waals surface area contributed by atoms with Gasteiger partial charge in [-0.05, 0) is 68.3 Å². The van der Waals surface area contributed by atoms with E-state index in [1.165, 1.54) is 18.0 Å². The van der Waals surface area contributed by atoms with Crippen molar-refractivity contribution in [1.82, 2.24) is 9.80 Å². The van der Waals surface area contributed by atoms with Crippen molar-refractivity contribution in [2.45, 2.75) is 50.2 Å². The molecule has 0 saturated carbocycles.